The number of nitrogens with one attached hydrogen (secondary N) is 1. The van der Waals surface area contributed by atoms with Gasteiger partial charge in [-0.2, -0.15) is 0 Å². The molecular formula is C26H44N4O2S. The quantitative estimate of drug-likeness (QED) is 0.566. The van der Waals surface area contributed by atoms with Crippen LogP contribution in [0.15, 0.2) is 29.8 Å². The second-order valence-electron chi connectivity index (χ2n) is 8.95. The van der Waals surface area contributed by atoms with Crippen molar-refractivity contribution >= 4 is 24.2 Å². The topological polar surface area (TPSA) is 88.3 Å². The van der Waals surface area contributed by atoms with Gasteiger partial charge in [0.2, 0.25) is 12.8 Å². The van der Waals surface area contributed by atoms with Crippen LogP contribution in [0.25, 0.3) is 10.4 Å². The van der Waals surface area contributed by atoms with E-state index in [4.69, 9.17) is 5.73 Å². The average molecular weight is 477 g/mol. The summed E-state index contributed by atoms with van der Waals surface area (Å²) in [7, 11) is 0. The van der Waals surface area contributed by atoms with E-state index >= 15 is 0 Å². The van der Waals surface area contributed by atoms with Gasteiger partial charge in [0.05, 0.1) is 16.1 Å². The smallest absolute Gasteiger partial charge is 0.209 e. The van der Waals surface area contributed by atoms with Gasteiger partial charge >= 0.3 is 0 Å². The molecule has 0 radical (unpaired) electrons. The number of rotatable bonds is 5. The van der Waals surface area contributed by atoms with Crippen LogP contribution in [0.3, 0.4) is 0 Å². The Morgan fingerprint density at radius 1 is 1.24 bits per heavy atom. The zero-order chi connectivity index (χ0) is 25.4. The summed E-state index contributed by atoms with van der Waals surface area (Å²) in [4.78, 5) is 27.6. The molecule has 1 saturated heterocycles. The highest BCUT2D eigenvalue weighted by Crippen LogP contribution is 2.27. The van der Waals surface area contributed by atoms with E-state index in [0.29, 0.717) is 25.0 Å². The third kappa shape index (κ3) is 12.0. The van der Waals surface area contributed by atoms with Crippen LogP contribution in [0.4, 0.5) is 0 Å². The molecule has 2 aromatic rings. The van der Waals surface area contributed by atoms with E-state index in [0.717, 1.165) is 24.2 Å². The number of nitrogens with two attached hydrogens (primary N) is 1. The number of hydrogen-bond acceptors (Lipinski definition) is 5. The van der Waals surface area contributed by atoms with E-state index in [1.54, 1.807) is 11.3 Å². The summed E-state index contributed by atoms with van der Waals surface area (Å²) in [5, 5.41) is 2.64. The number of carbonyl (C=O) groups is 2. The second kappa shape index (κ2) is 16.4. The zero-order valence-electron chi connectivity index (χ0n) is 21.7. The number of amides is 2. The lowest BCUT2D eigenvalue weighted by molar-refractivity contribution is -0.118. The highest BCUT2D eigenvalue weighted by Gasteiger charge is 2.17. The molecule has 1 aliphatic heterocycles. The van der Waals surface area contributed by atoms with Gasteiger partial charge < -0.3 is 16.0 Å². The Morgan fingerprint density at radius 3 is 2.15 bits per heavy atom. The predicted octanol–water partition coefficient (Wildman–Crippen LogP) is 5.40. The number of aryl methyl sites for hydroxylation is 1. The minimum absolute atomic E-state index is 0.278. The summed E-state index contributed by atoms with van der Waals surface area (Å²) in [6.07, 6.45) is 4.01. The van der Waals surface area contributed by atoms with Gasteiger partial charge in [-0.25, -0.2) is 4.98 Å². The highest BCUT2D eigenvalue weighted by atomic mass is 32.1. The normalized spacial score (nSPS) is 15.5. The van der Waals surface area contributed by atoms with Gasteiger partial charge in [-0.1, -0.05) is 58.9 Å². The first kappa shape index (κ1) is 30.8. The Bertz CT molecular complexity index is 782. The first-order chi connectivity index (χ1) is 15.6. The van der Waals surface area contributed by atoms with E-state index in [9.17, 15) is 9.59 Å². The Hall–Kier alpha value is -2.25. The average Bonchev–Trinajstić information content (AvgIpc) is 3.42. The molecule has 7 heteroatoms. The van der Waals surface area contributed by atoms with E-state index in [1.165, 1.54) is 23.3 Å². The van der Waals surface area contributed by atoms with Crippen molar-refractivity contribution in [3.05, 3.63) is 41.0 Å². The van der Waals surface area contributed by atoms with Crippen molar-refractivity contribution in [1.29, 1.82) is 0 Å². The first-order valence-electron chi connectivity index (χ1n) is 11.7. The summed E-state index contributed by atoms with van der Waals surface area (Å²) >= 11 is 1.64. The van der Waals surface area contributed by atoms with Gasteiger partial charge in [0.15, 0.2) is 0 Å². The van der Waals surface area contributed by atoms with Crippen molar-refractivity contribution in [2.24, 2.45) is 11.1 Å². The summed E-state index contributed by atoms with van der Waals surface area (Å²) in [5.41, 5.74) is 11.0. The molecule has 1 aromatic heterocycles. The fourth-order valence-electron chi connectivity index (χ4n) is 2.62. The van der Waals surface area contributed by atoms with Gasteiger partial charge in [-0.15, -0.1) is 11.3 Å². The maximum atomic E-state index is 10.2. The fraction of sp³-hybridized carbons (Fsp3) is 0.577. The summed E-state index contributed by atoms with van der Waals surface area (Å²) < 4.78 is 0. The molecule has 1 fully saturated rings. The molecule has 2 heterocycles. The molecule has 186 valence electrons. The Morgan fingerprint density at radius 2 is 1.82 bits per heavy atom. The standard InChI is InChI=1S/C12H12N2OS.C6H11NO.C6H15N.C2H6/c1-9-12(16-8-14-9)11-4-2-10(3-5-11)6-13-7-15;1-6-3-2-4-7(6)5-8;1-5(7)6(2,3)4;1-2/h2-5,7-8H,6H2,1H3,(H,13,15);5-6H,2-4H2,1H3;5H,7H2,1-4H3;1-2H3/t;6-;;/m.1../s1. The molecule has 0 aliphatic carbocycles. The number of benzene rings is 1. The molecule has 2 atom stereocenters. The number of hydrogen-bond donors (Lipinski definition) is 2. The minimum Gasteiger partial charge on any atom is -0.355 e. The summed E-state index contributed by atoms with van der Waals surface area (Å²) in [5.74, 6) is 0. The lowest BCUT2D eigenvalue weighted by Gasteiger charge is -2.22. The number of nitrogens with zero attached hydrogens (tertiary/aromatic N) is 2. The highest BCUT2D eigenvalue weighted by molar-refractivity contribution is 7.13. The van der Waals surface area contributed by atoms with Crippen molar-refractivity contribution in [2.75, 3.05) is 6.54 Å². The van der Waals surface area contributed by atoms with Crippen LogP contribution in [-0.2, 0) is 16.1 Å². The lowest BCUT2D eigenvalue weighted by Crippen LogP contribution is -2.31. The number of thiazole rings is 1. The van der Waals surface area contributed by atoms with E-state index in [-0.39, 0.29) is 5.41 Å². The van der Waals surface area contributed by atoms with Crippen LogP contribution < -0.4 is 11.1 Å². The Balaban J connectivity index is 0.000000507. The van der Waals surface area contributed by atoms with Crippen molar-refractivity contribution in [3.8, 4) is 10.4 Å². The molecule has 1 aliphatic rings. The predicted molar refractivity (Wildman–Crippen MR) is 141 cm³/mol. The molecule has 2 amide bonds. The monoisotopic (exact) mass is 476 g/mol. The van der Waals surface area contributed by atoms with Crippen LogP contribution >= 0.6 is 11.3 Å². The van der Waals surface area contributed by atoms with Gasteiger partial charge in [0.1, 0.15) is 0 Å². The molecule has 3 N–H and O–H groups in total. The molecule has 6 nitrogen and oxygen atoms in total. The minimum atomic E-state index is 0.278. The molecule has 3 rings (SSSR count). The van der Waals surface area contributed by atoms with Crippen LogP contribution in [-0.4, -0.2) is 41.3 Å². The van der Waals surface area contributed by atoms with Gasteiger partial charge in [-0.3, -0.25) is 9.59 Å². The third-order valence-electron chi connectivity index (χ3n) is 5.46. The maximum absolute atomic E-state index is 10.2. The van der Waals surface area contributed by atoms with E-state index < -0.39 is 0 Å². The molecule has 1 unspecified atom stereocenters. The van der Waals surface area contributed by atoms with E-state index in [1.807, 2.05) is 50.2 Å². The van der Waals surface area contributed by atoms with Crippen molar-refractivity contribution < 1.29 is 9.59 Å². The van der Waals surface area contributed by atoms with Gasteiger partial charge in [0, 0.05) is 25.2 Å². The number of carbonyl (C=O) groups excluding carboxylic acids is 2. The summed E-state index contributed by atoms with van der Waals surface area (Å²) in [6.45, 7) is 18.1. The molecule has 33 heavy (non-hydrogen) atoms. The number of likely N-dealkylation sites (tertiary alicyclic amines) is 1. The van der Waals surface area contributed by atoms with Crippen LogP contribution in [0.2, 0.25) is 0 Å². The third-order valence-corrected chi connectivity index (χ3v) is 6.43. The Labute approximate surface area is 205 Å². The molecule has 0 bridgehead atoms. The SMILES string of the molecule is CC.CC(N)C(C)(C)C.C[C@@H]1CCCN1C=O.Cc1ncsc1-c1ccc(CNC=O)cc1. The maximum Gasteiger partial charge on any atom is 0.209 e. The lowest BCUT2D eigenvalue weighted by atomic mass is 9.89. The largest absolute Gasteiger partial charge is 0.355 e. The molecule has 1 aromatic carbocycles. The Kier molecular flexibility index (Phi) is 15.3. The zero-order valence-corrected chi connectivity index (χ0v) is 22.5. The molecular weight excluding hydrogens is 432 g/mol. The van der Waals surface area contributed by atoms with E-state index in [2.05, 4.69) is 50.1 Å². The van der Waals surface area contributed by atoms with Crippen molar-refractivity contribution in [1.82, 2.24) is 15.2 Å². The van der Waals surface area contributed by atoms with Crippen LogP contribution in [0.5, 0.6) is 0 Å². The van der Waals surface area contributed by atoms with Gasteiger partial charge in [-0.05, 0) is 50.2 Å². The van der Waals surface area contributed by atoms with Crippen LogP contribution in [0.1, 0.15) is 72.6 Å². The first-order valence-corrected chi connectivity index (χ1v) is 12.6. The molecule has 0 spiro atoms. The van der Waals surface area contributed by atoms with Crippen molar-refractivity contribution in [3.63, 3.8) is 0 Å². The number of aromatic nitrogens is 1. The van der Waals surface area contributed by atoms with Gasteiger partial charge in [0.25, 0.3) is 0 Å². The second-order valence-corrected chi connectivity index (χ2v) is 9.81. The fourth-order valence-corrected chi connectivity index (χ4v) is 3.44. The summed E-state index contributed by atoms with van der Waals surface area (Å²) in [6, 6.07) is 8.95. The van der Waals surface area contributed by atoms with Crippen molar-refractivity contribution in [2.45, 2.75) is 86.9 Å². The van der Waals surface area contributed by atoms with Crippen LogP contribution in [0, 0.1) is 12.3 Å². The molecule has 0 saturated carbocycles.